The molecule has 1 aliphatic heterocycles. The fourth-order valence-corrected chi connectivity index (χ4v) is 3.25. The Morgan fingerprint density at radius 1 is 1.35 bits per heavy atom. The van der Waals surface area contributed by atoms with E-state index in [0.29, 0.717) is 43.4 Å². The zero-order valence-electron chi connectivity index (χ0n) is 15.1. The van der Waals surface area contributed by atoms with Gasteiger partial charge in [-0.1, -0.05) is 5.16 Å². The highest BCUT2D eigenvalue weighted by Gasteiger charge is 2.31. The van der Waals surface area contributed by atoms with Gasteiger partial charge in [0.25, 0.3) is 11.8 Å². The number of aryl methyl sites for hydroxylation is 1. The van der Waals surface area contributed by atoms with E-state index in [1.165, 1.54) is 0 Å². The summed E-state index contributed by atoms with van der Waals surface area (Å²) in [5.41, 5.74) is 1.69. The molecule has 0 atom stereocenters. The summed E-state index contributed by atoms with van der Waals surface area (Å²) >= 11 is 0. The molecule has 2 aromatic rings. The Labute approximate surface area is 151 Å². The maximum atomic E-state index is 12.9. The fraction of sp³-hybridized carbons (Fsp3) is 0.556. The minimum atomic E-state index is -0.155. The summed E-state index contributed by atoms with van der Waals surface area (Å²) in [6.45, 7) is 4.19. The Morgan fingerprint density at radius 2 is 2.15 bits per heavy atom. The van der Waals surface area contributed by atoms with E-state index in [4.69, 9.17) is 4.52 Å². The van der Waals surface area contributed by atoms with Crippen molar-refractivity contribution in [1.29, 1.82) is 0 Å². The van der Waals surface area contributed by atoms with Gasteiger partial charge < -0.3 is 14.3 Å². The highest BCUT2D eigenvalue weighted by atomic mass is 16.5. The molecule has 8 nitrogen and oxygen atoms in total. The Bertz CT molecular complexity index is 836. The molecule has 0 radical (unpaired) electrons. The van der Waals surface area contributed by atoms with E-state index in [2.05, 4.69) is 10.3 Å². The third-order valence-corrected chi connectivity index (χ3v) is 5.15. The normalized spacial score (nSPS) is 16.9. The number of hydrogen-bond donors (Lipinski definition) is 0. The first-order chi connectivity index (χ1) is 12.6. The summed E-state index contributed by atoms with van der Waals surface area (Å²) in [4.78, 5) is 28.9. The molecular weight excluding hydrogens is 334 g/mol. The predicted molar refractivity (Wildman–Crippen MR) is 92.7 cm³/mol. The predicted octanol–water partition coefficient (Wildman–Crippen LogP) is 1.89. The van der Waals surface area contributed by atoms with Crippen molar-refractivity contribution in [1.82, 2.24) is 24.7 Å². The molecular formula is C18H23N5O3. The van der Waals surface area contributed by atoms with E-state index in [1.807, 2.05) is 11.6 Å². The Balaban J connectivity index is 1.57. The van der Waals surface area contributed by atoms with E-state index < -0.39 is 0 Å². The SMILES string of the molecule is CCN(C)C(=O)c1cnn2c1CN(C(=O)c1cc(C3CC3)on1)CCC2. The molecule has 2 aromatic heterocycles. The lowest BCUT2D eigenvalue weighted by Gasteiger charge is -2.20. The van der Waals surface area contributed by atoms with Gasteiger partial charge in [-0.3, -0.25) is 14.3 Å². The van der Waals surface area contributed by atoms with Gasteiger partial charge in [0, 0.05) is 38.7 Å². The maximum absolute atomic E-state index is 12.9. The number of nitrogens with zero attached hydrogens (tertiary/aromatic N) is 5. The van der Waals surface area contributed by atoms with Crippen molar-refractivity contribution >= 4 is 11.8 Å². The van der Waals surface area contributed by atoms with Crippen LogP contribution in [0.25, 0.3) is 0 Å². The first kappa shape index (κ1) is 16.8. The van der Waals surface area contributed by atoms with Crippen LogP contribution >= 0.6 is 0 Å². The third kappa shape index (κ3) is 3.00. The van der Waals surface area contributed by atoms with Gasteiger partial charge >= 0.3 is 0 Å². The standard InChI is InChI=1S/C18H23N5O3/c1-3-21(2)17(24)13-10-19-23-8-4-7-22(11-15(13)23)18(25)14-9-16(26-20-14)12-5-6-12/h9-10,12H,3-8,11H2,1-2H3. The van der Waals surface area contributed by atoms with Gasteiger partial charge in [0.05, 0.1) is 24.0 Å². The number of carbonyl (C=O) groups excluding carboxylic acids is 2. The van der Waals surface area contributed by atoms with Crippen LogP contribution < -0.4 is 0 Å². The average Bonchev–Trinajstić information content (AvgIpc) is 3.32. The van der Waals surface area contributed by atoms with Gasteiger partial charge in [-0.25, -0.2) is 0 Å². The summed E-state index contributed by atoms with van der Waals surface area (Å²) in [5.74, 6) is 0.995. The molecule has 0 spiro atoms. The lowest BCUT2D eigenvalue weighted by molar-refractivity contribution is 0.0727. The molecule has 2 aliphatic rings. The molecule has 138 valence electrons. The first-order valence-corrected chi connectivity index (χ1v) is 9.14. The van der Waals surface area contributed by atoms with Crippen LogP contribution in [-0.4, -0.2) is 56.7 Å². The van der Waals surface area contributed by atoms with Crippen molar-refractivity contribution < 1.29 is 14.1 Å². The van der Waals surface area contributed by atoms with Gasteiger partial charge in [-0.05, 0) is 26.2 Å². The minimum absolute atomic E-state index is 0.0690. The van der Waals surface area contributed by atoms with Crippen molar-refractivity contribution in [2.45, 2.75) is 45.2 Å². The van der Waals surface area contributed by atoms with Gasteiger partial charge in [0.15, 0.2) is 5.69 Å². The molecule has 0 bridgehead atoms. The molecule has 0 aromatic carbocycles. The molecule has 0 saturated heterocycles. The van der Waals surface area contributed by atoms with Gasteiger partial charge in [0.1, 0.15) is 5.76 Å². The maximum Gasteiger partial charge on any atom is 0.276 e. The van der Waals surface area contributed by atoms with Crippen LogP contribution in [0.1, 0.15) is 64.4 Å². The zero-order chi connectivity index (χ0) is 18.3. The molecule has 1 saturated carbocycles. The molecule has 2 amide bonds. The molecule has 1 aliphatic carbocycles. The summed E-state index contributed by atoms with van der Waals surface area (Å²) in [6, 6.07) is 1.76. The number of amides is 2. The molecule has 26 heavy (non-hydrogen) atoms. The van der Waals surface area contributed by atoms with Crippen LogP contribution in [0.15, 0.2) is 16.8 Å². The summed E-state index contributed by atoms with van der Waals surface area (Å²) in [5, 5.41) is 8.32. The van der Waals surface area contributed by atoms with E-state index >= 15 is 0 Å². The molecule has 3 heterocycles. The molecule has 4 rings (SSSR count). The van der Waals surface area contributed by atoms with Crippen molar-refractivity contribution in [3.8, 4) is 0 Å². The van der Waals surface area contributed by atoms with Crippen LogP contribution in [-0.2, 0) is 13.1 Å². The second-order valence-corrected chi connectivity index (χ2v) is 7.02. The van der Waals surface area contributed by atoms with Gasteiger partial charge in [0.2, 0.25) is 0 Å². The second-order valence-electron chi connectivity index (χ2n) is 7.02. The van der Waals surface area contributed by atoms with Crippen molar-refractivity contribution in [2.24, 2.45) is 0 Å². The Hall–Kier alpha value is -2.64. The van der Waals surface area contributed by atoms with Crippen LogP contribution in [0.5, 0.6) is 0 Å². The van der Waals surface area contributed by atoms with Crippen LogP contribution in [0.2, 0.25) is 0 Å². The second kappa shape index (κ2) is 6.59. The number of aromatic nitrogens is 3. The van der Waals surface area contributed by atoms with E-state index in [0.717, 1.165) is 30.7 Å². The average molecular weight is 357 g/mol. The van der Waals surface area contributed by atoms with Gasteiger partial charge in [-0.2, -0.15) is 5.10 Å². The highest BCUT2D eigenvalue weighted by Crippen LogP contribution is 2.40. The molecule has 0 N–H and O–H groups in total. The lowest BCUT2D eigenvalue weighted by atomic mass is 10.2. The lowest BCUT2D eigenvalue weighted by Crippen LogP contribution is -2.32. The summed E-state index contributed by atoms with van der Waals surface area (Å²) < 4.78 is 7.15. The first-order valence-electron chi connectivity index (χ1n) is 9.14. The topological polar surface area (TPSA) is 84.5 Å². The highest BCUT2D eigenvalue weighted by molar-refractivity contribution is 5.95. The van der Waals surface area contributed by atoms with Crippen molar-refractivity contribution in [3.63, 3.8) is 0 Å². The Morgan fingerprint density at radius 3 is 2.88 bits per heavy atom. The Kier molecular flexibility index (Phi) is 4.26. The summed E-state index contributed by atoms with van der Waals surface area (Å²) in [7, 11) is 1.76. The smallest absolute Gasteiger partial charge is 0.276 e. The van der Waals surface area contributed by atoms with Crippen molar-refractivity contribution in [2.75, 3.05) is 20.1 Å². The van der Waals surface area contributed by atoms with E-state index in [9.17, 15) is 9.59 Å². The van der Waals surface area contributed by atoms with E-state index in [-0.39, 0.29) is 11.8 Å². The van der Waals surface area contributed by atoms with Crippen LogP contribution in [0, 0.1) is 0 Å². The third-order valence-electron chi connectivity index (χ3n) is 5.15. The minimum Gasteiger partial charge on any atom is -0.360 e. The van der Waals surface area contributed by atoms with Crippen LogP contribution in [0.3, 0.4) is 0 Å². The van der Waals surface area contributed by atoms with Crippen molar-refractivity contribution in [3.05, 3.63) is 35.0 Å². The number of fused-ring (bicyclic) bond motifs is 1. The molecule has 0 unspecified atom stereocenters. The molecule has 8 heteroatoms. The summed E-state index contributed by atoms with van der Waals surface area (Å²) in [6.07, 6.45) is 4.59. The van der Waals surface area contributed by atoms with E-state index in [1.54, 1.807) is 29.1 Å². The van der Waals surface area contributed by atoms with Crippen LogP contribution in [0.4, 0.5) is 0 Å². The fourth-order valence-electron chi connectivity index (χ4n) is 3.25. The quantitative estimate of drug-likeness (QED) is 0.834. The number of hydrogen-bond acceptors (Lipinski definition) is 5. The monoisotopic (exact) mass is 357 g/mol. The number of rotatable bonds is 4. The molecule has 1 fully saturated rings. The van der Waals surface area contributed by atoms with Gasteiger partial charge in [-0.15, -0.1) is 0 Å². The largest absolute Gasteiger partial charge is 0.360 e. The zero-order valence-corrected chi connectivity index (χ0v) is 15.1. The number of carbonyl (C=O) groups is 2.